The van der Waals surface area contributed by atoms with Crippen molar-refractivity contribution in [3.8, 4) is 0 Å². The van der Waals surface area contributed by atoms with Crippen molar-refractivity contribution in [2.24, 2.45) is 0 Å². The largest absolute Gasteiger partial charge is 0.473 e. The number of carbonyl (C=O) groups excluding carboxylic acids is 1. The van der Waals surface area contributed by atoms with Crippen LogP contribution in [0, 0.1) is 29.1 Å². The molecular formula is C9H3F5O4. The molecule has 1 N–H and O–H groups in total. The molecule has 0 bridgehead atoms. The standard InChI is InChI=1S/C9H3F5O4/c10-3-2(1-18-9(17)8(15)16)4(11)6(13)7(14)5(3)12/h1H2,(H,15,16). The molecule has 18 heavy (non-hydrogen) atoms. The molecule has 0 amide bonds. The molecule has 1 aromatic rings. The Labute approximate surface area is 95.6 Å². The summed E-state index contributed by atoms with van der Waals surface area (Å²) < 4.78 is 67.7. The summed E-state index contributed by atoms with van der Waals surface area (Å²) in [5.74, 6) is -15.1. The van der Waals surface area contributed by atoms with Gasteiger partial charge in [-0.2, -0.15) is 0 Å². The fraction of sp³-hybridized carbons (Fsp3) is 0.111. The number of esters is 1. The minimum Gasteiger partial charge on any atom is -0.473 e. The molecule has 9 heteroatoms. The zero-order valence-electron chi connectivity index (χ0n) is 8.27. The maximum atomic E-state index is 13.0. The SMILES string of the molecule is O=C(O)C(=O)OCc1c(F)c(F)c(F)c(F)c1F. The van der Waals surface area contributed by atoms with E-state index in [1.165, 1.54) is 0 Å². The third kappa shape index (κ3) is 2.39. The Balaban J connectivity index is 3.11. The van der Waals surface area contributed by atoms with Crippen LogP contribution in [0.3, 0.4) is 0 Å². The number of benzene rings is 1. The van der Waals surface area contributed by atoms with Gasteiger partial charge in [-0.1, -0.05) is 0 Å². The predicted octanol–water partition coefficient (Wildman–Crippen LogP) is 1.51. The van der Waals surface area contributed by atoms with Crippen LogP contribution in [0.1, 0.15) is 5.56 Å². The lowest BCUT2D eigenvalue weighted by atomic mass is 10.2. The molecule has 98 valence electrons. The maximum Gasteiger partial charge on any atom is 0.417 e. The van der Waals surface area contributed by atoms with Crippen LogP contribution in [0.5, 0.6) is 0 Å². The summed E-state index contributed by atoms with van der Waals surface area (Å²) in [6.07, 6.45) is 0. The van der Waals surface area contributed by atoms with E-state index in [1.807, 2.05) is 0 Å². The first-order chi connectivity index (χ1) is 8.27. The molecule has 0 aliphatic carbocycles. The summed E-state index contributed by atoms with van der Waals surface area (Å²) in [6, 6.07) is 0. The van der Waals surface area contributed by atoms with Gasteiger partial charge in [-0.15, -0.1) is 0 Å². The molecule has 1 aromatic carbocycles. The highest BCUT2D eigenvalue weighted by atomic mass is 19.2. The number of hydrogen-bond donors (Lipinski definition) is 1. The van der Waals surface area contributed by atoms with Crippen LogP contribution in [0.25, 0.3) is 0 Å². The van der Waals surface area contributed by atoms with Crippen LogP contribution in [0.2, 0.25) is 0 Å². The number of carboxylic acids is 1. The molecule has 0 aliphatic rings. The molecule has 0 atom stereocenters. The van der Waals surface area contributed by atoms with Gasteiger partial charge in [0.25, 0.3) is 0 Å². The molecule has 1 rings (SSSR count). The van der Waals surface area contributed by atoms with Gasteiger partial charge in [-0.25, -0.2) is 31.5 Å². The summed E-state index contributed by atoms with van der Waals surface area (Å²) >= 11 is 0. The van der Waals surface area contributed by atoms with Gasteiger partial charge in [0, 0.05) is 0 Å². The fourth-order valence-corrected chi connectivity index (χ4v) is 0.977. The van der Waals surface area contributed by atoms with E-state index in [-0.39, 0.29) is 0 Å². The van der Waals surface area contributed by atoms with Gasteiger partial charge in [-0.3, -0.25) is 0 Å². The number of hydrogen-bond acceptors (Lipinski definition) is 3. The molecule has 0 heterocycles. The third-order valence-corrected chi connectivity index (χ3v) is 1.82. The Bertz CT molecular complexity index is 499. The van der Waals surface area contributed by atoms with Crippen molar-refractivity contribution in [2.75, 3.05) is 0 Å². The van der Waals surface area contributed by atoms with Crippen molar-refractivity contribution >= 4 is 11.9 Å². The number of rotatable bonds is 2. The van der Waals surface area contributed by atoms with Crippen LogP contribution in [0.4, 0.5) is 22.0 Å². The summed E-state index contributed by atoms with van der Waals surface area (Å²) in [5, 5.41) is 8.08. The van der Waals surface area contributed by atoms with Crippen LogP contribution in [-0.4, -0.2) is 17.0 Å². The van der Waals surface area contributed by atoms with Crippen molar-refractivity contribution in [3.63, 3.8) is 0 Å². The minimum absolute atomic E-state index is 1.39. The molecule has 4 nitrogen and oxygen atoms in total. The van der Waals surface area contributed by atoms with Crippen LogP contribution < -0.4 is 0 Å². The molecular weight excluding hydrogens is 267 g/mol. The Morgan fingerprint density at radius 3 is 1.67 bits per heavy atom. The van der Waals surface area contributed by atoms with Crippen molar-refractivity contribution in [3.05, 3.63) is 34.6 Å². The normalized spacial score (nSPS) is 10.3. The molecule has 0 aliphatic heterocycles. The second-order valence-corrected chi connectivity index (χ2v) is 2.93. The fourth-order valence-electron chi connectivity index (χ4n) is 0.977. The zero-order chi connectivity index (χ0) is 14.0. The lowest BCUT2D eigenvalue weighted by molar-refractivity contribution is -0.164. The average molecular weight is 270 g/mol. The van der Waals surface area contributed by atoms with E-state index in [0.29, 0.717) is 0 Å². The van der Waals surface area contributed by atoms with Gasteiger partial charge in [0.2, 0.25) is 5.82 Å². The van der Waals surface area contributed by atoms with Gasteiger partial charge in [0.1, 0.15) is 6.61 Å². The summed E-state index contributed by atoms with van der Waals surface area (Å²) in [4.78, 5) is 20.5. The van der Waals surface area contributed by atoms with E-state index in [4.69, 9.17) is 5.11 Å². The summed E-state index contributed by atoms with van der Waals surface area (Å²) in [7, 11) is 0. The van der Waals surface area contributed by atoms with Crippen LogP contribution >= 0.6 is 0 Å². The number of carboxylic acid groups (broad SMARTS) is 1. The Morgan fingerprint density at radius 1 is 0.889 bits per heavy atom. The lowest BCUT2D eigenvalue weighted by Crippen LogP contribution is -2.18. The average Bonchev–Trinajstić information content (AvgIpc) is 2.33. The van der Waals surface area contributed by atoms with Crippen LogP contribution in [0.15, 0.2) is 0 Å². The van der Waals surface area contributed by atoms with Crippen molar-refractivity contribution in [1.82, 2.24) is 0 Å². The minimum atomic E-state index is -2.36. The molecule has 0 spiro atoms. The molecule has 0 radical (unpaired) electrons. The molecule has 0 saturated carbocycles. The van der Waals surface area contributed by atoms with Crippen molar-refractivity contribution < 1.29 is 41.4 Å². The van der Waals surface area contributed by atoms with Gasteiger partial charge in [0.15, 0.2) is 23.3 Å². The summed E-state index contributed by atoms with van der Waals surface area (Å²) in [6.45, 7) is -1.39. The van der Waals surface area contributed by atoms with Gasteiger partial charge in [0.05, 0.1) is 5.56 Å². The first kappa shape index (κ1) is 13.9. The van der Waals surface area contributed by atoms with E-state index in [9.17, 15) is 31.5 Å². The van der Waals surface area contributed by atoms with Crippen molar-refractivity contribution in [2.45, 2.75) is 6.61 Å². The predicted molar refractivity (Wildman–Crippen MR) is 43.7 cm³/mol. The second-order valence-electron chi connectivity index (χ2n) is 2.93. The molecule has 0 aromatic heterocycles. The number of carbonyl (C=O) groups is 2. The third-order valence-electron chi connectivity index (χ3n) is 1.82. The highest BCUT2D eigenvalue weighted by Crippen LogP contribution is 2.23. The zero-order valence-corrected chi connectivity index (χ0v) is 8.27. The molecule has 0 saturated heterocycles. The first-order valence-corrected chi connectivity index (χ1v) is 4.17. The highest BCUT2D eigenvalue weighted by molar-refractivity contribution is 6.28. The molecule has 0 fully saturated rings. The lowest BCUT2D eigenvalue weighted by Gasteiger charge is -2.07. The molecule has 0 unspecified atom stereocenters. The quantitative estimate of drug-likeness (QED) is 0.291. The van der Waals surface area contributed by atoms with E-state index in [0.717, 1.165) is 0 Å². The topological polar surface area (TPSA) is 63.6 Å². The van der Waals surface area contributed by atoms with E-state index in [2.05, 4.69) is 4.74 Å². The highest BCUT2D eigenvalue weighted by Gasteiger charge is 2.27. The van der Waals surface area contributed by atoms with Gasteiger partial charge >= 0.3 is 11.9 Å². The maximum absolute atomic E-state index is 13.0. The van der Waals surface area contributed by atoms with Crippen LogP contribution in [-0.2, 0) is 20.9 Å². The van der Waals surface area contributed by atoms with Gasteiger partial charge < -0.3 is 9.84 Å². The smallest absolute Gasteiger partial charge is 0.417 e. The Hall–Kier alpha value is -2.19. The monoisotopic (exact) mass is 270 g/mol. The second kappa shape index (κ2) is 4.98. The Kier molecular flexibility index (Phi) is 3.84. The number of ether oxygens (including phenoxy) is 1. The number of halogens is 5. The summed E-state index contributed by atoms with van der Waals surface area (Å²) in [5.41, 5.74) is -1.43. The van der Waals surface area contributed by atoms with E-state index in [1.54, 1.807) is 0 Å². The number of aliphatic carboxylic acids is 1. The van der Waals surface area contributed by atoms with Crippen molar-refractivity contribution in [1.29, 1.82) is 0 Å². The Morgan fingerprint density at radius 2 is 1.28 bits per heavy atom. The van der Waals surface area contributed by atoms with E-state index >= 15 is 0 Å². The van der Waals surface area contributed by atoms with Gasteiger partial charge in [-0.05, 0) is 0 Å². The first-order valence-electron chi connectivity index (χ1n) is 4.17. The van der Waals surface area contributed by atoms with E-state index < -0.39 is 53.2 Å².